The first-order valence-electron chi connectivity index (χ1n) is 10.3. The lowest BCUT2D eigenvalue weighted by Crippen LogP contribution is -2.28. The first kappa shape index (κ1) is 20.7. The Morgan fingerprint density at radius 2 is 1.24 bits per heavy atom. The van der Waals surface area contributed by atoms with Crippen LogP contribution in [0.15, 0.2) is 84.9 Å². The molecule has 0 atom stereocenters. The van der Waals surface area contributed by atoms with Crippen molar-refractivity contribution in [2.75, 3.05) is 24.6 Å². The van der Waals surface area contributed by atoms with Crippen molar-refractivity contribution in [2.45, 2.75) is 26.2 Å². The molecule has 0 fully saturated rings. The van der Waals surface area contributed by atoms with E-state index < -0.39 is 0 Å². The zero-order valence-electron chi connectivity index (χ0n) is 17.1. The lowest BCUT2D eigenvalue weighted by molar-refractivity contribution is -0.142. The van der Waals surface area contributed by atoms with E-state index in [9.17, 15) is 4.79 Å². The topological polar surface area (TPSA) is 29.5 Å². The lowest BCUT2D eigenvalue weighted by atomic mass is 10.1. The summed E-state index contributed by atoms with van der Waals surface area (Å²) < 4.78 is 5.05. The van der Waals surface area contributed by atoms with Crippen molar-refractivity contribution in [1.82, 2.24) is 0 Å². The van der Waals surface area contributed by atoms with Gasteiger partial charge in [-0.15, -0.1) is 0 Å². The molecule has 3 aromatic carbocycles. The zero-order valence-corrected chi connectivity index (χ0v) is 17.1. The molecule has 0 bridgehead atoms. The minimum absolute atomic E-state index is 0.176. The number of hydrogen-bond donors (Lipinski definition) is 0. The van der Waals surface area contributed by atoms with Crippen molar-refractivity contribution in [2.24, 2.45) is 0 Å². The molecule has 3 heteroatoms. The van der Waals surface area contributed by atoms with Gasteiger partial charge in [-0.05, 0) is 48.6 Å². The van der Waals surface area contributed by atoms with E-state index in [0.717, 1.165) is 31.5 Å². The van der Waals surface area contributed by atoms with Crippen molar-refractivity contribution < 1.29 is 9.53 Å². The van der Waals surface area contributed by atoms with Crippen LogP contribution in [0.1, 0.15) is 23.6 Å². The number of esters is 1. The highest BCUT2D eigenvalue weighted by Gasteiger charge is 2.09. The summed E-state index contributed by atoms with van der Waals surface area (Å²) in [5.74, 6) is -0.176. The highest BCUT2D eigenvalue weighted by atomic mass is 16.5. The summed E-state index contributed by atoms with van der Waals surface area (Å²) in [6.45, 7) is 4.16. The summed E-state index contributed by atoms with van der Waals surface area (Å²) in [5.41, 5.74) is 4.86. The standard InChI is InChI=1S/C26H29NO2/c1-2-29-26(28)21-24-13-15-25(16-14-24)27(19-17-22-9-5-3-6-10-22)20-18-23-11-7-4-8-12-23/h3-16H,2,17-21H2,1H3. The van der Waals surface area contributed by atoms with Gasteiger partial charge in [0.05, 0.1) is 13.0 Å². The normalized spacial score (nSPS) is 10.5. The van der Waals surface area contributed by atoms with Crippen LogP contribution >= 0.6 is 0 Å². The largest absolute Gasteiger partial charge is 0.466 e. The Morgan fingerprint density at radius 1 is 0.724 bits per heavy atom. The Kier molecular flexibility index (Phi) is 7.88. The predicted molar refractivity (Wildman–Crippen MR) is 119 cm³/mol. The molecule has 0 spiro atoms. The summed E-state index contributed by atoms with van der Waals surface area (Å²) in [6, 6.07) is 29.5. The van der Waals surface area contributed by atoms with Gasteiger partial charge in [0.15, 0.2) is 0 Å². The van der Waals surface area contributed by atoms with Crippen molar-refractivity contribution >= 4 is 11.7 Å². The van der Waals surface area contributed by atoms with Crippen LogP contribution in [0, 0.1) is 0 Å². The number of rotatable bonds is 10. The van der Waals surface area contributed by atoms with Gasteiger partial charge in [-0.1, -0.05) is 72.8 Å². The van der Waals surface area contributed by atoms with E-state index in [1.54, 1.807) is 0 Å². The third-order valence-electron chi connectivity index (χ3n) is 4.98. The molecule has 3 aromatic rings. The second kappa shape index (κ2) is 11.1. The van der Waals surface area contributed by atoms with Crippen LogP contribution in [0.4, 0.5) is 5.69 Å². The van der Waals surface area contributed by atoms with E-state index >= 15 is 0 Å². The van der Waals surface area contributed by atoms with Crippen LogP contribution in [-0.4, -0.2) is 25.7 Å². The van der Waals surface area contributed by atoms with Gasteiger partial charge in [0.2, 0.25) is 0 Å². The average molecular weight is 388 g/mol. The summed E-state index contributed by atoms with van der Waals surface area (Å²) in [5, 5.41) is 0. The molecule has 0 aliphatic carbocycles. The van der Waals surface area contributed by atoms with Crippen molar-refractivity contribution in [1.29, 1.82) is 0 Å². The highest BCUT2D eigenvalue weighted by Crippen LogP contribution is 2.18. The third kappa shape index (κ3) is 6.79. The molecule has 3 rings (SSSR count). The molecule has 3 nitrogen and oxygen atoms in total. The molecule has 0 unspecified atom stereocenters. The molecule has 150 valence electrons. The molecule has 0 aliphatic heterocycles. The maximum Gasteiger partial charge on any atom is 0.310 e. The van der Waals surface area contributed by atoms with Crippen LogP contribution in [-0.2, 0) is 28.8 Å². The molecule has 0 N–H and O–H groups in total. The maximum atomic E-state index is 11.7. The predicted octanol–water partition coefficient (Wildman–Crippen LogP) is 5.08. The second-order valence-electron chi connectivity index (χ2n) is 7.11. The van der Waals surface area contributed by atoms with Crippen molar-refractivity contribution in [3.63, 3.8) is 0 Å². The minimum atomic E-state index is -0.176. The molecule has 29 heavy (non-hydrogen) atoms. The number of ether oxygens (including phenoxy) is 1. The average Bonchev–Trinajstić information content (AvgIpc) is 2.76. The van der Waals surface area contributed by atoms with Crippen LogP contribution in [0.5, 0.6) is 0 Å². The first-order chi connectivity index (χ1) is 14.2. The summed E-state index contributed by atoms with van der Waals surface area (Å²) in [6.07, 6.45) is 2.32. The van der Waals surface area contributed by atoms with Crippen molar-refractivity contribution in [3.05, 3.63) is 102 Å². The molecule has 0 heterocycles. The number of nitrogens with zero attached hydrogens (tertiary/aromatic N) is 1. The molecule has 0 saturated carbocycles. The van der Waals surface area contributed by atoms with Gasteiger partial charge in [0, 0.05) is 18.8 Å². The van der Waals surface area contributed by atoms with Crippen LogP contribution in [0.3, 0.4) is 0 Å². The van der Waals surface area contributed by atoms with Gasteiger partial charge >= 0.3 is 5.97 Å². The van der Waals surface area contributed by atoms with Gasteiger partial charge < -0.3 is 9.64 Å². The van der Waals surface area contributed by atoms with Gasteiger partial charge in [-0.25, -0.2) is 0 Å². The lowest BCUT2D eigenvalue weighted by Gasteiger charge is -2.25. The Morgan fingerprint density at radius 3 is 1.72 bits per heavy atom. The van der Waals surface area contributed by atoms with Gasteiger partial charge in [0.25, 0.3) is 0 Å². The molecule has 0 amide bonds. The van der Waals surface area contributed by atoms with Crippen LogP contribution < -0.4 is 4.90 Å². The van der Waals surface area contributed by atoms with Gasteiger partial charge in [-0.3, -0.25) is 4.79 Å². The van der Waals surface area contributed by atoms with Crippen molar-refractivity contribution in [3.8, 4) is 0 Å². The zero-order chi connectivity index (χ0) is 20.3. The number of carbonyl (C=O) groups is 1. The molecular weight excluding hydrogens is 358 g/mol. The Hall–Kier alpha value is -3.07. The molecule has 0 aliphatic rings. The molecule has 0 saturated heterocycles. The summed E-state index contributed by atoms with van der Waals surface area (Å²) in [7, 11) is 0. The highest BCUT2D eigenvalue weighted by molar-refractivity contribution is 5.72. The third-order valence-corrected chi connectivity index (χ3v) is 4.98. The Balaban J connectivity index is 1.68. The van der Waals surface area contributed by atoms with Gasteiger partial charge in [0.1, 0.15) is 0 Å². The van der Waals surface area contributed by atoms with E-state index in [1.807, 2.05) is 19.1 Å². The summed E-state index contributed by atoms with van der Waals surface area (Å²) >= 11 is 0. The summed E-state index contributed by atoms with van der Waals surface area (Å²) in [4.78, 5) is 14.1. The molecular formula is C26H29NO2. The maximum absolute atomic E-state index is 11.7. The smallest absolute Gasteiger partial charge is 0.310 e. The Bertz CT molecular complexity index is 817. The van der Waals surface area contributed by atoms with E-state index in [0.29, 0.717) is 13.0 Å². The van der Waals surface area contributed by atoms with Gasteiger partial charge in [-0.2, -0.15) is 0 Å². The Labute approximate surface area is 174 Å². The van der Waals surface area contributed by atoms with Crippen LogP contribution in [0.2, 0.25) is 0 Å². The van der Waals surface area contributed by atoms with Crippen LogP contribution in [0.25, 0.3) is 0 Å². The monoisotopic (exact) mass is 387 g/mol. The van der Waals surface area contributed by atoms with E-state index in [-0.39, 0.29) is 5.97 Å². The SMILES string of the molecule is CCOC(=O)Cc1ccc(N(CCc2ccccc2)CCc2ccccc2)cc1. The fourth-order valence-corrected chi connectivity index (χ4v) is 3.39. The van der Waals surface area contributed by atoms with E-state index in [4.69, 9.17) is 4.74 Å². The molecule has 0 radical (unpaired) electrons. The van der Waals surface area contributed by atoms with E-state index in [2.05, 4.69) is 77.7 Å². The minimum Gasteiger partial charge on any atom is -0.466 e. The number of anilines is 1. The fraction of sp³-hybridized carbons (Fsp3) is 0.269. The van der Waals surface area contributed by atoms with E-state index in [1.165, 1.54) is 16.8 Å². The fourth-order valence-electron chi connectivity index (χ4n) is 3.39. The number of carbonyl (C=O) groups excluding carboxylic acids is 1. The quantitative estimate of drug-likeness (QED) is 0.454. The molecule has 0 aromatic heterocycles. The first-order valence-corrected chi connectivity index (χ1v) is 10.3. The number of benzene rings is 3. The second-order valence-corrected chi connectivity index (χ2v) is 7.11. The number of hydrogen-bond acceptors (Lipinski definition) is 3.